The third kappa shape index (κ3) is 5.53. The molecule has 1 aliphatic heterocycles. The van der Waals surface area contributed by atoms with Crippen LogP contribution >= 0.6 is 22.7 Å². The quantitative estimate of drug-likeness (QED) is 0.529. The molecule has 0 spiro atoms. The van der Waals surface area contributed by atoms with Crippen LogP contribution in [0.5, 0.6) is 0 Å². The monoisotopic (exact) mass is 389 g/mol. The van der Waals surface area contributed by atoms with Crippen molar-refractivity contribution < 1.29 is 5.11 Å². The lowest BCUT2D eigenvalue weighted by Gasteiger charge is -2.30. The minimum Gasteiger partial charge on any atom is -0.393 e. The van der Waals surface area contributed by atoms with Gasteiger partial charge in [0.15, 0.2) is 0 Å². The summed E-state index contributed by atoms with van der Waals surface area (Å²) in [5, 5.41) is 19.1. The van der Waals surface area contributed by atoms with Gasteiger partial charge in [-0.05, 0) is 76.0 Å². The highest BCUT2D eigenvalue weighted by atomic mass is 32.1. The first-order chi connectivity index (χ1) is 12.8. The minimum atomic E-state index is -0.120. The van der Waals surface area contributed by atoms with E-state index in [-0.39, 0.29) is 6.10 Å². The molecule has 4 heteroatoms. The maximum Gasteiger partial charge on any atom is 0.0552 e. The molecule has 0 radical (unpaired) electrons. The van der Waals surface area contributed by atoms with Gasteiger partial charge in [-0.15, -0.1) is 0 Å². The van der Waals surface area contributed by atoms with Crippen molar-refractivity contribution in [3.8, 4) is 0 Å². The van der Waals surface area contributed by atoms with E-state index in [0.717, 1.165) is 51.7 Å². The summed E-state index contributed by atoms with van der Waals surface area (Å²) in [6.07, 6.45) is 7.69. The maximum absolute atomic E-state index is 10.2. The minimum absolute atomic E-state index is 0.120. The average molecular weight is 390 g/mol. The highest BCUT2D eigenvalue weighted by Gasteiger charge is 2.20. The molecule has 0 aliphatic carbocycles. The molecule has 1 saturated heterocycles. The number of thiophene rings is 2. The number of aliphatic hydroxyl groups is 1. The molecule has 1 unspecified atom stereocenters. The molecule has 2 nitrogen and oxygen atoms in total. The van der Waals surface area contributed by atoms with Gasteiger partial charge < -0.3 is 10.0 Å². The maximum atomic E-state index is 10.2. The van der Waals surface area contributed by atoms with Crippen LogP contribution in [-0.2, 0) is 0 Å². The summed E-state index contributed by atoms with van der Waals surface area (Å²) < 4.78 is 0. The fourth-order valence-corrected chi connectivity index (χ4v) is 5.08. The Kier molecular flexibility index (Phi) is 7.93. The van der Waals surface area contributed by atoms with Crippen molar-refractivity contribution in [2.45, 2.75) is 58.0 Å². The van der Waals surface area contributed by atoms with Crippen LogP contribution in [0.15, 0.2) is 39.2 Å². The van der Waals surface area contributed by atoms with Crippen molar-refractivity contribution >= 4 is 28.2 Å². The topological polar surface area (TPSA) is 23.5 Å². The Bertz CT molecular complexity index is 614. The summed E-state index contributed by atoms with van der Waals surface area (Å²) >= 11 is 3.56. The molecule has 1 N–H and O–H groups in total. The molecule has 26 heavy (non-hydrogen) atoms. The number of piperidine rings is 1. The third-order valence-corrected chi connectivity index (χ3v) is 6.72. The van der Waals surface area contributed by atoms with Crippen LogP contribution in [0.4, 0.5) is 0 Å². The lowest BCUT2D eigenvalue weighted by molar-refractivity contribution is 0.127. The molecule has 0 bridgehead atoms. The Morgan fingerprint density at radius 3 is 2.23 bits per heavy atom. The Balaban J connectivity index is 1.55. The van der Waals surface area contributed by atoms with Crippen LogP contribution in [-0.4, -0.2) is 35.7 Å². The zero-order valence-electron chi connectivity index (χ0n) is 15.8. The largest absolute Gasteiger partial charge is 0.393 e. The van der Waals surface area contributed by atoms with Gasteiger partial charge in [0, 0.05) is 19.6 Å². The molecule has 0 aromatic carbocycles. The summed E-state index contributed by atoms with van der Waals surface area (Å²) in [7, 11) is 0. The van der Waals surface area contributed by atoms with E-state index in [1.807, 2.05) is 0 Å². The average Bonchev–Trinajstić information content (AvgIpc) is 3.36. The summed E-state index contributed by atoms with van der Waals surface area (Å²) in [6.45, 7) is 5.49. The molecule has 1 atom stereocenters. The number of aliphatic hydroxyl groups excluding tert-OH is 1. The normalized spacial score (nSPS) is 16.8. The molecule has 0 saturated carbocycles. The van der Waals surface area contributed by atoms with Crippen LogP contribution in [0.1, 0.15) is 63.0 Å². The molecule has 2 aromatic rings. The zero-order chi connectivity index (χ0) is 18.2. The second-order valence-electron chi connectivity index (χ2n) is 7.28. The van der Waals surface area contributed by atoms with E-state index in [1.165, 1.54) is 29.5 Å². The van der Waals surface area contributed by atoms with Crippen molar-refractivity contribution in [2.24, 2.45) is 0 Å². The first-order valence-electron chi connectivity index (χ1n) is 9.95. The predicted octanol–water partition coefficient (Wildman–Crippen LogP) is 6.04. The van der Waals surface area contributed by atoms with Gasteiger partial charge in [0.05, 0.1) is 6.10 Å². The van der Waals surface area contributed by atoms with Gasteiger partial charge in [0.2, 0.25) is 0 Å². The molecular weight excluding hydrogens is 358 g/mol. The molecule has 0 amide bonds. The van der Waals surface area contributed by atoms with E-state index in [1.54, 1.807) is 28.2 Å². The number of rotatable bonds is 9. The van der Waals surface area contributed by atoms with Gasteiger partial charge >= 0.3 is 0 Å². The predicted molar refractivity (Wildman–Crippen MR) is 115 cm³/mol. The van der Waals surface area contributed by atoms with Crippen molar-refractivity contribution in [1.29, 1.82) is 0 Å². The van der Waals surface area contributed by atoms with Crippen molar-refractivity contribution in [1.82, 2.24) is 4.90 Å². The molecule has 1 aliphatic rings. The lowest BCUT2D eigenvalue weighted by Crippen LogP contribution is -2.33. The molecule has 3 heterocycles. The van der Waals surface area contributed by atoms with Crippen LogP contribution in [0.25, 0.3) is 5.57 Å². The summed E-state index contributed by atoms with van der Waals surface area (Å²) in [6, 6.07) is 4.51. The fourth-order valence-electron chi connectivity index (χ4n) is 3.79. The van der Waals surface area contributed by atoms with Gasteiger partial charge in [-0.2, -0.15) is 22.7 Å². The highest BCUT2D eigenvalue weighted by molar-refractivity contribution is 7.08. The Morgan fingerprint density at radius 1 is 1.04 bits per heavy atom. The standard InChI is InChI=1S/C22H31NOS2/c1-2-3-4-5-21(24)8-13-23-11-6-18(7-12-23)22(19-9-14-25-16-19)20-10-15-26-17-20/h9-10,14-17,21,24H,2-8,11-13H2,1H3. The molecule has 3 rings (SSSR count). The second kappa shape index (κ2) is 10.4. The van der Waals surface area contributed by atoms with Crippen molar-refractivity contribution in [3.63, 3.8) is 0 Å². The molecule has 142 valence electrons. The first-order valence-corrected chi connectivity index (χ1v) is 11.8. The summed E-state index contributed by atoms with van der Waals surface area (Å²) in [5.74, 6) is 0. The zero-order valence-corrected chi connectivity index (χ0v) is 17.5. The van der Waals surface area contributed by atoms with Gasteiger partial charge in [-0.25, -0.2) is 0 Å². The molecule has 1 fully saturated rings. The van der Waals surface area contributed by atoms with Crippen LogP contribution < -0.4 is 0 Å². The van der Waals surface area contributed by atoms with Crippen molar-refractivity contribution in [3.05, 3.63) is 50.4 Å². The van der Waals surface area contributed by atoms with Crippen LogP contribution in [0, 0.1) is 0 Å². The van der Waals surface area contributed by atoms with E-state index in [0.29, 0.717) is 0 Å². The second-order valence-corrected chi connectivity index (χ2v) is 8.84. The van der Waals surface area contributed by atoms with E-state index in [9.17, 15) is 5.11 Å². The number of likely N-dealkylation sites (tertiary alicyclic amines) is 1. The van der Waals surface area contributed by atoms with Gasteiger partial charge in [-0.3, -0.25) is 0 Å². The Morgan fingerprint density at radius 2 is 1.69 bits per heavy atom. The SMILES string of the molecule is CCCCCC(O)CCN1CCC(=C(c2ccsc2)c2ccsc2)CC1. The first kappa shape index (κ1) is 19.8. The number of hydrogen-bond donors (Lipinski definition) is 1. The van der Waals surface area contributed by atoms with Crippen LogP contribution in [0.3, 0.4) is 0 Å². The van der Waals surface area contributed by atoms with E-state index in [2.05, 4.69) is 45.5 Å². The van der Waals surface area contributed by atoms with Crippen LogP contribution in [0.2, 0.25) is 0 Å². The summed E-state index contributed by atoms with van der Waals surface area (Å²) in [4.78, 5) is 2.53. The smallest absolute Gasteiger partial charge is 0.0552 e. The van der Waals surface area contributed by atoms with Gasteiger partial charge in [-0.1, -0.05) is 31.8 Å². The number of unbranched alkanes of at least 4 members (excludes halogenated alkanes) is 2. The van der Waals surface area contributed by atoms with Gasteiger partial charge in [0.25, 0.3) is 0 Å². The number of hydrogen-bond acceptors (Lipinski definition) is 4. The summed E-state index contributed by atoms with van der Waals surface area (Å²) in [5.41, 5.74) is 5.82. The van der Waals surface area contributed by atoms with Gasteiger partial charge in [0.1, 0.15) is 0 Å². The lowest BCUT2D eigenvalue weighted by atomic mass is 9.91. The van der Waals surface area contributed by atoms with E-state index in [4.69, 9.17) is 0 Å². The molecular formula is C22H31NOS2. The Labute approximate surface area is 166 Å². The molecule has 2 aromatic heterocycles. The highest BCUT2D eigenvalue weighted by Crippen LogP contribution is 2.34. The number of nitrogens with zero attached hydrogens (tertiary/aromatic N) is 1. The van der Waals surface area contributed by atoms with E-state index < -0.39 is 0 Å². The van der Waals surface area contributed by atoms with Crippen molar-refractivity contribution in [2.75, 3.05) is 19.6 Å². The Hall–Kier alpha value is -0.940. The van der Waals surface area contributed by atoms with E-state index >= 15 is 0 Å². The fraction of sp³-hybridized carbons (Fsp3) is 0.545. The third-order valence-electron chi connectivity index (χ3n) is 5.35.